The Balaban J connectivity index is 2.32. The minimum absolute atomic E-state index is 0.214. The Morgan fingerprint density at radius 3 is 2.85 bits per heavy atom. The van der Waals surface area contributed by atoms with Crippen LogP contribution in [0.2, 0.25) is 0 Å². The summed E-state index contributed by atoms with van der Waals surface area (Å²) in [5, 5.41) is 9.34. The van der Waals surface area contributed by atoms with Crippen LogP contribution < -0.4 is 4.74 Å². The van der Waals surface area contributed by atoms with Crippen LogP contribution in [0.15, 0.2) is 24.3 Å². The molecule has 0 saturated heterocycles. The van der Waals surface area contributed by atoms with Crippen molar-refractivity contribution in [3.8, 4) is 11.5 Å². The van der Waals surface area contributed by atoms with Crippen molar-refractivity contribution >= 4 is 11.8 Å². The molecule has 1 rings (SSSR count). The molecule has 0 radical (unpaired) electrons. The molecule has 0 aromatic heterocycles. The summed E-state index contributed by atoms with van der Waals surface area (Å²) in [6, 6.07) is 7.03. The van der Waals surface area contributed by atoms with Crippen LogP contribution in [0.4, 0.5) is 0 Å². The van der Waals surface area contributed by atoms with E-state index in [-0.39, 0.29) is 5.75 Å². The lowest BCUT2D eigenvalue weighted by molar-refractivity contribution is 0.300. The Bertz CT molecular complexity index is 250. The Morgan fingerprint density at radius 1 is 1.38 bits per heavy atom. The quantitative estimate of drug-likeness (QED) is 0.737. The van der Waals surface area contributed by atoms with E-state index in [0.29, 0.717) is 12.4 Å². The predicted molar refractivity (Wildman–Crippen MR) is 56.6 cm³/mol. The molecular weight excluding hydrogens is 184 g/mol. The number of ether oxygens (including phenoxy) is 1. The molecule has 0 amide bonds. The molecule has 1 aromatic rings. The number of para-hydroxylation sites is 2. The van der Waals surface area contributed by atoms with Gasteiger partial charge in [0.15, 0.2) is 11.5 Å². The fourth-order valence-corrected chi connectivity index (χ4v) is 1.37. The van der Waals surface area contributed by atoms with E-state index in [0.717, 1.165) is 12.2 Å². The Kier molecular flexibility index (Phi) is 4.54. The molecule has 72 valence electrons. The first kappa shape index (κ1) is 10.3. The van der Waals surface area contributed by atoms with Gasteiger partial charge in [-0.1, -0.05) is 12.1 Å². The van der Waals surface area contributed by atoms with Gasteiger partial charge in [0, 0.05) is 0 Å². The molecule has 0 fully saturated rings. The molecule has 3 heteroatoms. The van der Waals surface area contributed by atoms with Gasteiger partial charge in [-0.2, -0.15) is 11.8 Å². The van der Waals surface area contributed by atoms with Crippen LogP contribution in [0.1, 0.15) is 6.42 Å². The van der Waals surface area contributed by atoms with E-state index in [1.807, 2.05) is 6.07 Å². The summed E-state index contributed by atoms with van der Waals surface area (Å²) in [7, 11) is 0. The third kappa shape index (κ3) is 3.59. The smallest absolute Gasteiger partial charge is 0.160 e. The van der Waals surface area contributed by atoms with Crippen LogP contribution in [0.25, 0.3) is 0 Å². The van der Waals surface area contributed by atoms with E-state index in [4.69, 9.17) is 4.74 Å². The number of hydrogen-bond donors (Lipinski definition) is 1. The minimum atomic E-state index is 0.214. The minimum Gasteiger partial charge on any atom is -0.504 e. The van der Waals surface area contributed by atoms with E-state index < -0.39 is 0 Å². The highest BCUT2D eigenvalue weighted by Gasteiger charge is 1.98. The summed E-state index contributed by atoms with van der Waals surface area (Å²) in [5.41, 5.74) is 0. The Morgan fingerprint density at radius 2 is 2.15 bits per heavy atom. The average molecular weight is 198 g/mol. The van der Waals surface area contributed by atoms with Crippen LogP contribution in [0.3, 0.4) is 0 Å². The van der Waals surface area contributed by atoms with E-state index in [1.54, 1.807) is 30.0 Å². The largest absolute Gasteiger partial charge is 0.504 e. The normalized spacial score (nSPS) is 9.92. The van der Waals surface area contributed by atoms with Crippen LogP contribution in [-0.2, 0) is 0 Å². The zero-order chi connectivity index (χ0) is 9.52. The lowest BCUT2D eigenvalue weighted by Gasteiger charge is -2.06. The highest BCUT2D eigenvalue weighted by atomic mass is 32.2. The highest BCUT2D eigenvalue weighted by Crippen LogP contribution is 2.24. The molecule has 0 unspecified atom stereocenters. The third-order valence-electron chi connectivity index (χ3n) is 1.62. The van der Waals surface area contributed by atoms with Gasteiger partial charge in [-0.3, -0.25) is 0 Å². The van der Waals surface area contributed by atoms with E-state index >= 15 is 0 Å². The number of hydrogen-bond acceptors (Lipinski definition) is 3. The van der Waals surface area contributed by atoms with Crippen molar-refractivity contribution in [2.45, 2.75) is 6.42 Å². The number of phenolic OH excluding ortho intramolecular Hbond substituents is 1. The van der Waals surface area contributed by atoms with Crippen LogP contribution in [-0.4, -0.2) is 23.7 Å². The van der Waals surface area contributed by atoms with Gasteiger partial charge < -0.3 is 9.84 Å². The van der Waals surface area contributed by atoms with E-state index in [9.17, 15) is 5.11 Å². The highest BCUT2D eigenvalue weighted by molar-refractivity contribution is 7.98. The SMILES string of the molecule is CSCCCOc1ccccc1O. The maximum Gasteiger partial charge on any atom is 0.160 e. The van der Waals surface area contributed by atoms with E-state index in [1.165, 1.54) is 0 Å². The molecule has 1 N–H and O–H groups in total. The van der Waals surface area contributed by atoms with Crippen LogP contribution >= 0.6 is 11.8 Å². The molecule has 0 saturated carbocycles. The van der Waals surface area contributed by atoms with Crippen molar-refractivity contribution in [3.05, 3.63) is 24.3 Å². The van der Waals surface area contributed by atoms with Crippen molar-refractivity contribution in [1.29, 1.82) is 0 Å². The zero-order valence-electron chi connectivity index (χ0n) is 7.69. The molecular formula is C10H14O2S. The second-order valence-electron chi connectivity index (χ2n) is 2.66. The lowest BCUT2D eigenvalue weighted by atomic mass is 10.3. The second kappa shape index (κ2) is 5.75. The van der Waals surface area contributed by atoms with Gasteiger partial charge in [0.25, 0.3) is 0 Å². The Labute approximate surface area is 82.9 Å². The van der Waals surface area contributed by atoms with Crippen molar-refractivity contribution in [2.75, 3.05) is 18.6 Å². The van der Waals surface area contributed by atoms with Gasteiger partial charge in [-0.05, 0) is 30.6 Å². The van der Waals surface area contributed by atoms with Gasteiger partial charge >= 0.3 is 0 Å². The number of rotatable bonds is 5. The molecule has 0 spiro atoms. The standard InChI is InChI=1S/C10H14O2S/c1-13-8-4-7-12-10-6-3-2-5-9(10)11/h2-3,5-6,11H,4,7-8H2,1H3. The fourth-order valence-electron chi connectivity index (χ4n) is 0.965. The van der Waals surface area contributed by atoms with Gasteiger partial charge in [0.1, 0.15) is 0 Å². The Hall–Kier alpha value is -0.830. The van der Waals surface area contributed by atoms with Gasteiger partial charge in [-0.15, -0.1) is 0 Å². The molecule has 0 aliphatic rings. The summed E-state index contributed by atoms with van der Waals surface area (Å²) in [5.74, 6) is 1.88. The van der Waals surface area contributed by atoms with Crippen LogP contribution in [0.5, 0.6) is 11.5 Å². The topological polar surface area (TPSA) is 29.5 Å². The van der Waals surface area contributed by atoms with Crippen molar-refractivity contribution in [3.63, 3.8) is 0 Å². The number of benzene rings is 1. The third-order valence-corrected chi connectivity index (χ3v) is 2.31. The molecule has 0 aliphatic heterocycles. The van der Waals surface area contributed by atoms with E-state index in [2.05, 4.69) is 6.26 Å². The second-order valence-corrected chi connectivity index (χ2v) is 3.65. The lowest BCUT2D eigenvalue weighted by Crippen LogP contribution is -1.98. The maximum absolute atomic E-state index is 9.34. The van der Waals surface area contributed by atoms with Crippen molar-refractivity contribution < 1.29 is 9.84 Å². The summed E-state index contributed by atoms with van der Waals surface area (Å²) in [6.07, 6.45) is 3.08. The van der Waals surface area contributed by atoms with Crippen molar-refractivity contribution in [1.82, 2.24) is 0 Å². The summed E-state index contributed by atoms with van der Waals surface area (Å²) in [6.45, 7) is 0.665. The monoisotopic (exact) mass is 198 g/mol. The molecule has 0 atom stereocenters. The predicted octanol–water partition coefficient (Wildman–Crippen LogP) is 2.52. The fraction of sp³-hybridized carbons (Fsp3) is 0.400. The molecule has 0 heterocycles. The number of phenols is 1. The van der Waals surface area contributed by atoms with Crippen LogP contribution in [0, 0.1) is 0 Å². The number of thioether (sulfide) groups is 1. The molecule has 0 bridgehead atoms. The van der Waals surface area contributed by atoms with Gasteiger partial charge in [0.05, 0.1) is 6.61 Å². The summed E-state index contributed by atoms with van der Waals surface area (Å²) in [4.78, 5) is 0. The average Bonchev–Trinajstić information content (AvgIpc) is 2.15. The molecule has 0 aliphatic carbocycles. The molecule has 13 heavy (non-hydrogen) atoms. The first-order chi connectivity index (χ1) is 6.34. The summed E-state index contributed by atoms with van der Waals surface area (Å²) >= 11 is 1.80. The first-order valence-electron chi connectivity index (χ1n) is 4.24. The number of aromatic hydroxyl groups is 1. The maximum atomic E-state index is 9.34. The van der Waals surface area contributed by atoms with Crippen molar-refractivity contribution in [2.24, 2.45) is 0 Å². The van der Waals surface area contributed by atoms with Gasteiger partial charge in [-0.25, -0.2) is 0 Å². The zero-order valence-corrected chi connectivity index (χ0v) is 8.51. The van der Waals surface area contributed by atoms with Gasteiger partial charge in [0.2, 0.25) is 0 Å². The molecule has 1 aromatic carbocycles. The molecule has 2 nitrogen and oxygen atoms in total. The summed E-state index contributed by atoms with van der Waals surface area (Å²) < 4.78 is 5.38. The first-order valence-corrected chi connectivity index (χ1v) is 5.63.